The summed E-state index contributed by atoms with van der Waals surface area (Å²) in [5.41, 5.74) is 6.63. The number of rotatable bonds is 2. The van der Waals surface area contributed by atoms with Gasteiger partial charge in [-0.3, -0.25) is 0 Å². The Morgan fingerprint density at radius 3 is 2.69 bits per heavy atom. The van der Waals surface area contributed by atoms with Crippen LogP contribution in [0.1, 0.15) is 25.0 Å². The Kier molecular flexibility index (Phi) is 2.20. The van der Waals surface area contributed by atoms with E-state index in [9.17, 15) is 0 Å². The molecule has 2 rings (SSSR count). The molecule has 1 aromatic rings. The third-order valence-electron chi connectivity index (χ3n) is 2.75. The fourth-order valence-corrected chi connectivity index (χ4v) is 1.77. The summed E-state index contributed by atoms with van der Waals surface area (Å²) >= 11 is 5.93. The Morgan fingerprint density at radius 1 is 1.62 bits per heavy atom. The van der Waals surface area contributed by atoms with Crippen LogP contribution in [0.25, 0.3) is 0 Å². The molecule has 13 heavy (non-hydrogen) atoms. The first-order valence-electron chi connectivity index (χ1n) is 4.67. The second kappa shape index (κ2) is 3.22. The monoisotopic (exact) mass is 199 g/mol. The van der Waals surface area contributed by atoms with Gasteiger partial charge in [0.15, 0.2) is 0 Å². The molecule has 0 bridgehead atoms. The van der Waals surface area contributed by atoms with Crippen LogP contribution in [0.15, 0.2) is 0 Å². The Morgan fingerprint density at radius 2 is 2.31 bits per heavy atom. The summed E-state index contributed by atoms with van der Waals surface area (Å²) < 4.78 is 1.83. The summed E-state index contributed by atoms with van der Waals surface area (Å²) in [6.07, 6.45) is 3.95. The first-order chi connectivity index (χ1) is 6.18. The van der Waals surface area contributed by atoms with Crippen molar-refractivity contribution in [1.29, 1.82) is 0 Å². The molecule has 72 valence electrons. The lowest BCUT2D eigenvalue weighted by atomic mass is 9.85. The van der Waals surface area contributed by atoms with Crippen LogP contribution in [0.3, 0.4) is 0 Å². The number of nitrogens with two attached hydrogens (primary N) is 1. The molecule has 2 N–H and O–H groups in total. The minimum atomic E-state index is 0.610. The molecule has 1 aromatic heterocycles. The zero-order valence-electron chi connectivity index (χ0n) is 7.76. The SMILES string of the molecule is Cc1nn(CC2CCC2)c(N)c1Cl. The molecule has 0 aromatic carbocycles. The van der Waals surface area contributed by atoms with Crippen molar-refractivity contribution in [2.24, 2.45) is 5.92 Å². The van der Waals surface area contributed by atoms with Crippen LogP contribution in [0, 0.1) is 12.8 Å². The van der Waals surface area contributed by atoms with Crippen molar-refractivity contribution in [1.82, 2.24) is 9.78 Å². The van der Waals surface area contributed by atoms with Crippen molar-refractivity contribution >= 4 is 17.4 Å². The predicted molar refractivity (Wildman–Crippen MR) is 53.7 cm³/mol. The molecular weight excluding hydrogens is 186 g/mol. The van der Waals surface area contributed by atoms with Gasteiger partial charge in [0.2, 0.25) is 0 Å². The van der Waals surface area contributed by atoms with E-state index in [1.807, 2.05) is 11.6 Å². The van der Waals surface area contributed by atoms with Crippen molar-refractivity contribution in [3.63, 3.8) is 0 Å². The third-order valence-corrected chi connectivity index (χ3v) is 3.21. The number of halogens is 1. The van der Waals surface area contributed by atoms with Gasteiger partial charge >= 0.3 is 0 Å². The molecule has 0 saturated heterocycles. The van der Waals surface area contributed by atoms with Crippen LogP contribution in [0.5, 0.6) is 0 Å². The van der Waals surface area contributed by atoms with Crippen LogP contribution < -0.4 is 5.73 Å². The highest BCUT2D eigenvalue weighted by Gasteiger charge is 2.20. The van der Waals surface area contributed by atoms with E-state index in [1.54, 1.807) is 0 Å². The highest BCUT2D eigenvalue weighted by molar-refractivity contribution is 6.33. The van der Waals surface area contributed by atoms with Gasteiger partial charge in [-0.1, -0.05) is 18.0 Å². The highest BCUT2D eigenvalue weighted by Crippen LogP contribution is 2.30. The summed E-state index contributed by atoms with van der Waals surface area (Å²) in [5.74, 6) is 1.38. The lowest BCUT2D eigenvalue weighted by Gasteiger charge is -2.25. The second-order valence-corrected chi connectivity index (χ2v) is 4.14. The van der Waals surface area contributed by atoms with Gasteiger partial charge < -0.3 is 5.73 Å². The van der Waals surface area contributed by atoms with Crippen molar-refractivity contribution in [3.05, 3.63) is 10.7 Å². The highest BCUT2D eigenvalue weighted by atomic mass is 35.5. The van der Waals surface area contributed by atoms with Crippen molar-refractivity contribution in [2.45, 2.75) is 32.7 Å². The topological polar surface area (TPSA) is 43.8 Å². The molecule has 0 aliphatic heterocycles. The van der Waals surface area contributed by atoms with Crippen LogP contribution in [-0.4, -0.2) is 9.78 Å². The summed E-state index contributed by atoms with van der Waals surface area (Å²) in [4.78, 5) is 0. The maximum atomic E-state index is 5.93. The fourth-order valence-electron chi connectivity index (χ4n) is 1.64. The molecule has 3 nitrogen and oxygen atoms in total. The molecule has 1 saturated carbocycles. The molecule has 1 aliphatic carbocycles. The maximum absolute atomic E-state index is 5.93. The summed E-state index contributed by atoms with van der Waals surface area (Å²) in [6, 6.07) is 0. The Hall–Kier alpha value is -0.700. The molecule has 0 amide bonds. The van der Waals surface area contributed by atoms with Crippen molar-refractivity contribution in [3.8, 4) is 0 Å². The van der Waals surface area contributed by atoms with E-state index in [0.29, 0.717) is 10.8 Å². The van der Waals surface area contributed by atoms with Gasteiger partial charge in [-0.25, -0.2) is 4.68 Å². The van der Waals surface area contributed by atoms with Gasteiger partial charge in [0.25, 0.3) is 0 Å². The van der Waals surface area contributed by atoms with Crippen LogP contribution in [-0.2, 0) is 6.54 Å². The Balaban J connectivity index is 2.14. The van der Waals surface area contributed by atoms with E-state index in [2.05, 4.69) is 5.10 Å². The largest absolute Gasteiger partial charge is 0.383 e. The first kappa shape index (κ1) is 8.88. The summed E-state index contributed by atoms with van der Waals surface area (Å²) in [7, 11) is 0. The van der Waals surface area contributed by atoms with Crippen molar-refractivity contribution < 1.29 is 0 Å². The molecule has 0 unspecified atom stereocenters. The normalized spacial score (nSPS) is 17.4. The third kappa shape index (κ3) is 1.53. The van der Waals surface area contributed by atoms with Crippen LogP contribution in [0.2, 0.25) is 5.02 Å². The maximum Gasteiger partial charge on any atom is 0.140 e. The lowest BCUT2D eigenvalue weighted by Crippen LogP contribution is -2.19. The summed E-state index contributed by atoms with van der Waals surface area (Å²) in [5, 5.41) is 4.90. The summed E-state index contributed by atoms with van der Waals surface area (Å²) in [6.45, 7) is 2.81. The number of anilines is 1. The lowest BCUT2D eigenvalue weighted by molar-refractivity contribution is 0.268. The van der Waals surface area contributed by atoms with Gasteiger partial charge in [0.05, 0.1) is 5.69 Å². The van der Waals surface area contributed by atoms with Gasteiger partial charge in [0.1, 0.15) is 10.8 Å². The first-order valence-corrected chi connectivity index (χ1v) is 5.04. The zero-order valence-corrected chi connectivity index (χ0v) is 8.51. The molecule has 1 heterocycles. The number of aryl methyl sites for hydroxylation is 1. The number of hydrogen-bond donors (Lipinski definition) is 1. The van der Waals surface area contributed by atoms with E-state index >= 15 is 0 Å². The van der Waals surface area contributed by atoms with Gasteiger partial charge in [-0.2, -0.15) is 5.10 Å². The van der Waals surface area contributed by atoms with Crippen LogP contribution in [0.4, 0.5) is 5.82 Å². The van der Waals surface area contributed by atoms with Gasteiger partial charge in [-0.15, -0.1) is 0 Å². The Labute approximate surface area is 82.9 Å². The molecule has 0 atom stereocenters. The zero-order chi connectivity index (χ0) is 9.42. The van der Waals surface area contributed by atoms with Gasteiger partial charge in [-0.05, 0) is 25.7 Å². The number of hydrogen-bond acceptors (Lipinski definition) is 2. The second-order valence-electron chi connectivity index (χ2n) is 3.76. The molecular formula is C9H14ClN3. The van der Waals surface area contributed by atoms with E-state index in [-0.39, 0.29) is 0 Å². The number of aromatic nitrogens is 2. The van der Waals surface area contributed by atoms with E-state index in [4.69, 9.17) is 17.3 Å². The number of nitrogen functional groups attached to an aromatic ring is 1. The van der Waals surface area contributed by atoms with Crippen LogP contribution >= 0.6 is 11.6 Å². The quantitative estimate of drug-likeness (QED) is 0.794. The standard InChI is InChI=1S/C9H14ClN3/c1-6-8(10)9(11)13(12-6)5-7-3-2-4-7/h7H,2-5,11H2,1H3. The minimum Gasteiger partial charge on any atom is -0.383 e. The Bertz CT molecular complexity index is 315. The van der Waals surface area contributed by atoms with E-state index in [1.165, 1.54) is 19.3 Å². The van der Waals surface area contributed by atoms with Gasteiger partial charge in [0, 0.05) is 6.54 Å². The average Bonchev–Trinajstić information content (AvgIpc) is 2.26. The molecule has 0 spiro atoms. The molecule has 1 fully saturated rings. The van der Waals surface area contributed by atoms with Crippen molar-refractivity contribution in [2.75, 3.05) is 5.73 Å². The molecule has 1 aliphatic rings. The smallest absolute Gasteiger partial charge is 0.140 e. The molecule has 4 heteroatoms. The molecule has 0 radical (unpaired) electrons. The average molecular weight is 200 g/mol. The number of nitrogens with zero attached hydrogens (tertiary/aromatic N) is 2. The fraction of sp³-hybridized carbons (Fsp3) is 0.667. The predicted octanol–water partition coefficient (Wildman–Crippen LogP) is 2.23. The van der Waals surface area contributed by atoms with E-state index < -0.39 is 0 Å². The minimum absolute atomic E-state index is 0.610. The van der Waals surface area contributed by atoms with E-state index in [0.717, 1.165) is 18.2 Å².